The zero-order valence-electron chi connectivity index (χ0n) is 21.6. The standard InChI is InChI=1S/C12H15ClN2.C11H12O2.C5H11N/c1-8(2)12-14-10-6-4-5-9(13)7-11(10)15(12)3;1-7-8(2)11(9(3)13)5-4-10(7)6-12;1-6-4-2-3-5-6/h5-8H,4H2,1-3H3;4-6H,1-3H3;2-5H2,1H3. The van der Waals surface area contributed by atoms with Crippen molar-refractivity contribution in [3.8, 4) is 0 Å². The topological polar surface area (TPSA) is 55.2 Å². The summed E-state index contributed by atoms with van der Waals surface area (Å²) in [6.45, 7) is 12.2. The molecule has 6 heteroatoms. The maximum absolute atomic E-state index is 11.1. The van der Waals surface area contributed by atoms with Gasteiger partial charge in [-0.3, -0.25) is 9.59 Å². The second kappa shape index (κ2) is 12.8. The number of benzene rings is 1. The van der Waals surface area contributed by atoms with Crippen LogP contribution in [0.5, 0.6) is 0 Å². The lowest BCUT2D eigenvalue weighted by Gasteiger charge is -2.07. The normalized spacial score (nSPS) is 14.9. The number of halogens is 1. The van der Waals surface area contributed by atoms with Crippen molar-refractivity contribution in [3.63, 3.8) is 0 Å². The molecule has 2 aliphatic rings. The molecule has 1 fully saturated rings. The highest BCUT2D eigenvalue weighted by atomic mass is 35.5. The van der Waals surface area contributed by atoms with E-state index in [4.69, 9.17) is 11.6 Å². The van der Waals surface area contributed by atoms with E-state index in [1.165, 1.54) is 32.9 Å². The van der Waals surface area contributed by atoms with Gasteiger partial charge in [0.25, 0.3) is 0 Å². The van der Waals surface area contributed by atoms with Crippen LogP contribution in [0.3, 0.4) is 0 Å². The number of aromatic nitrogens is 2. The van der Waals surface area contributed by atoms with Gasteiger partial charge in [-0.1, -0.05) is 49.7 Å². The number of nitrogens with zero attached hydrogens (tertiary/aromatic N) is 3. The van der Waals surface area contributed by atoms with Gasteiger partial charge >= 0.3 is 0 Å². The largest absolute Gasteiger partial charge is 0.331 e. The minimum Gasteiger partial charge on any atom is -0.331 e. The number of ketones is 1. The Morgan fingerprint density at radius 3 is 2.24 bits per heavy atom. The van der Waals surface area contributed by atoms with Crippen molar-refractivity contribution in [2.75, 3.05) is 20.1 Å². The summed E-state index contributed by atoms with van der Waals surface area (Å²) in [5.74, 6) is 1.59. The van der Waals surface area contributed by atoms with Gasteiger partial charge in [-0.05, 0) is 77.4 Å². The first-order chi connectivity index (χ1) is 16.1. The molecule has 0 amide bonds. The van der Waals surface area contributed by atoms with Crippen LogP contribution in [-0.4, -0.2) is 46.7 Å². The number of fused-ring (bicyclic) bond motifs is 1. The molecule has 0 saturated carbocycles. The van der Waals surface area contributed by atoms with Gasteiger partial charge in [-0.15, -0.1) is 0 Å². The summed E-state index contributed by atoms with van der Waals surface area (Å²) in [4.78, 5) is 28.7. The van der Waals surface area contributed by atoms with Crippen LogP contribution in [0.1, 0.15) is 83.6 Å². The molecule has 1 aromatic carbocycles. The molecule has 0 spiro atoms. The monoisotopic (exact) mass is 483 g/mol. The lowest BCUT2D eigenvalue weighted by Crippen LogP contribution is -2.28. The van der Waals surface area contributed by atoms with E-state index in [9.17, 15) is 9.59 Å². The van der Waals surface area contributed by atoms with Gasteiger partial charge in [0.1, 0.15) is 12.1 Å². The number of carbonyl (C=O) groups is 2. The molecule has 1 aromatic heterocycles. The summed E-state index contributed by atoms with van der Waals surface area (Å²) < 4.78 is 2.12. The van der Waals surface area contributed by atoms with Gasteiger partial charge < -0.3 is 9.47 Å². The second-order valence-electron chi connectivity index (χ2n) is 9.26. The Morgan fingerprint density at radius 1 is 1.09 bits per heavy atom. The first-order valence-electron chi connectivity index (χ1n) is 11.9. The highest BCUT2D eigenvalue weighted by Gasteiger charge is 2.10. The first kappa shape index (κ1) is 27.7. The van der Waals surface area contributed by atoms with Crippen LogP contribution in [0.25, 0.3) is 12.2 Å². The fourth-order valence-corrected chi connectivity index (χ4v) is 4.28. The number of hydrogen-bond acceptors (Lipinski definition) is 4. The van der Waals surface area contributed by atoms with Gasteiger partial charge in [0, 0.05) is 29.1 Å². The van der Waals surface area contributed by atoms with E-state index in [-0.39, 0.29) is 5.78 Å². The molecule has 0 radical (unpaired) electrons. The molecule has 0 N–H and O–H groups in total. The number of Topliss-reactive ketones (excluding diaryl/α,β-unsaturated/α-hetero) is 1. The quantitative estimate of drug-likeness (QED) is 0.470. The van der Waals surface area contributed by atoms with Crippen molar-refractivity contribution >= 4 is 35.8 Å². The van der Waals surface area contributed by atoms with Crippen molar-refractivity contribution in [2.45, 2.75) is 59.8 Å². The summed E-state index contributed by atoms with van der Waals surface area (Å²) >= 11 is 6.05. The number of hydrogen-bond donors (Lipinski definition) is 0. The maximum atomic E-state index is 11.1. The number of carbonyl (C=O) groups excluding carboxylic acids is 2. The van der Waals surface area contributed by atoms with Crippen LogP contribution < -0.4 is 10.7 Å². The van der Waals surface area contributed by atoms with E-state index < -0.39 is 0 Å². The minimum atomic E-state index is 0.0399. The summed E-state index contributed by atoms with van der Waals surface area (Å²) in [6.07, 6.45) is 10.6. The second-order valence-corrected chi connectivity index (χ2v) is 9.70. The van der Waals surface area contributed by atoms with Crippen molar-refractivity contribution in [1.82, 2.24) is 14.5 Å². The number of rotatable bonds is 3. The highest BCUT2D eigenvalue weighted by molar-refractivity contribution is 6.34. The fraction of sp³-hybridized carbons (Fsp3) is 0.464. The van der Waals surface area contributed by atoms with E-state index in [1.54, 1.807) is 12.1 Å². The number of aldehydes is 1. The minimum absolute atomic E-state index is 0.0399. The van der Waals surface area contributed by atoms with Crippen LogP contribution in [0, 0.1) is 13.8 Å². The fourth-order valence-electron chi connectivity index (χ4n) is 4.09. The Morgan fingerprint density at radius 2 is 1.74 bits per heavy atom. The van der Waals surface area contributed by atoms with Crippen LogP contribution in [0.2, 0.25) is 0 Å². The molecule has 34 heavy (non-hydrogen) atoms. The Hall–Kier alpha value is -2.50. The molecule has 1 aliphatic heterocycles. The lowest BCUT2D eigenvalue weighted by molar-refractivity contribution is 0.101. The van der Waals surface area contributed by atoms with E-state index in [0.29, 0.717) is 17.0 Å². The molecule has 0 atom stereocenters. The van der Waals surface area contributed by atoms with Crippen LogP contribution in [0.4, 0.5) is 0 Å². The van der Waals surface area contributed by atoms with Gasteiger partial charge in [0.15, 0.2) is 5.78 Å². The van der Waals surface area contributed by atoms with Crippen molar-refractivity contribution < 1.29 is 9.59 Å². The Balaban J connectivity index is 0.000000195. The number of allylic oxidation sites excluding steroid dienone is 2. The van der Waals surface area contributed by atoms with Crippen LogP contribution >= 0.6 is 11.6 Å². The summed E-state index contributed by atoms with van der Waals surface area (Å²) in [5, 5.41) is 2.95. The predicted molar refractivity (Wildman–Crippen MR) is 142 cm³/mol. The Kier molecular flexibility index (Phi) is 10.5. The predicted octanol–water partition coefficient (Wildman–Crippen LogP) is 4.66. The molecule has 184 valence electrons. The number of imidazole rings is 1. The van der Waals surface area contributed by atoms with E-state index >= 15 is 0 Å². The zero-order valence-corrected chi connectivity index (χ0v) is 22.4. The van der Waals surface area contributed by atoms with Gasteiger partial charge in [0.2, 0.25) is 0 Å². The Bertz CT molecular complexity index is 1170. The van der Waals surface area contributed by atoms with Gasteiger partial charge in [-0.25, -0.2) is 4.98 Å². The van der Waals surface area contributed by atoms with Crippen molar-refractivity contribution in [2.24, 2.45) is 7.05 Å². The molecule has 5 nitrogen and oxygen atoms in total. The van der Waals surface area contributed by atoms with E-state index in [1.807, 2.05) is 33.0 Å². The SMILES string of the molecule is CC(=O)c1ccc(C=O)c(C)c1C.CC(C)c1nc2c(n1C)=CC(Cl)=CCC=2.CN1CCCC1. The first-order valence-corrected chi connectivity index (χ1v) is 12.3. The molecular formula is C28H38ClN3O2. The van der Waals surface area contributed by atoms with Gasteiger partial charge in [0.05, 0.1) is 10.7 Å². The molecule has 1 aliphatic carbocycles. The molecular weight excluding hydrogens is 446 g/mol. The molecule has 1 saturated heterocycles. The molecule has 2 aromatic rings. The van der Waals surface area contributed by atoms with Crippen LogP contribution in [0.15, 0.2) is 23.2 Å². The maximum Gasteiger partial charge on any atom is 0.160 e. The molecule has 0 bridgehead atoms. The van der Waals surface area contributed by atoms with Crippen LogP contribution in [-0.2, 0) is 7.05 Å². The van der Waals surface area contributed by atoms with Crippen molar-refractivity contribution in [1.29, 1.82) is 0 Å². The summed E-state index contributed by atoms with van der Waals surface area (Å²) in [5.41, 5.74) is 3.14. The average Bonchev–Trinajstić information content (AvgIpc) is 3.32. The third kappa shape index (κ3) is 7.25. The third-order valence-corrected chi connectivity index (χ3v) is 6.55. The summed E-state index contributed by atoms with van der Waals surface area (Å²) in [6, 6.07) is 3.39. The van der Waals surface area contributed by atoms with Crippen molar-refractivity contribution in [3.05, 3.63) is 62.0 Å². The van der Waals surface area contributed by atoms with E-state index in [2.05, 4.69) is 41.4 Å². The average molecular weight is 484 g/mol. The third-order valence-electron chi connectivity index (χ3n) is 6.28. The molecule has 4 rings (SSSR count). The summed E-state index contributed by atoms with van der Waals surface area (Å²) in [7, 11) is 4.22. The van der Waals surface area contributed by atoms with Gasteiger partial charge in [-0.2, -0.15) is 0 Å². The van der Waals surface area contributed by atoms with E-state index in [0.717, 1.165) is 45.4 Å². The smallest absolute Gasteiger partial charge is 0.160 e. The number of likely N-dealkylation sites (tertiary alicyclic amines) is 1. The molecule has 0 unspecified atom stereocenters. The molecule has 2 heterocycles. The lowest BCUT2D eigenvalue weighted by atomic mass is 9.97. The zero-order chi connectivity index (χ0) is 25.4. The highest BCUT2D eigenvalue weighted by Crippen LogP contribution is 2.16. The Labute approximate surface area is 208 Å².